The first kappa shape index (κ1) is 22.2. The molecule has 3 aromatic rings. The van der Waals surface area contributed by atoms with Crippen LogP contribution < -0.4 is 5.32 Å². The largest absolute Gasteiger partial charge is 0.338 e. The third kappa shape index (κ3) is 4.46. The number of aromatic nitrogens is 4. The maximum atomic E-state index is 13.6. The van der Waals surface area contributed by atoms with Crippen LogP contribution in [0.1, 0.15) is 68.1 Å². The Morgan fingerprint density at radius 2 is 1.94 bits per heavy atom. The van der Waals surface area contributed by atoms with Gasteiger partial charge in [-0.15, -0.1) is 0 Å². The fraction of sp³-hybridized carbons (Fsp3) is 0.500. The molecule has 8 nitrogen and oxygen atoms in total. The second-order valence-corrected chi connectivity index (χ2v) is 9.42. The smallest absolute Gasteiger partial charge is 0.272 e. The van der Waals surface area contributed by atoms with Gasteiger partial charge in [-0.1, -0.05) is 63.2 Å². The van der Waals surface area contributed by atoms with Crippen LogP contribution in [0.2, 0.25) is 0 Å². The molecule has 170 valence electrons. The van der Waals surface area contributed by atoms with Gasteiger partial charge in [-0.3, -0.25) is 9.69 Å². The van der Waals surface area contributed by atoms with E-state index in [4.69, 9.17) is 9.51 Å². The zero-order chi connectivity index (χ0) is 22.9. The van der Waals surface area contributed by atoms with E-state index in [2.05, 4.69) is 31.8 Å². The lowest BCUT2D eigenvalue weighted by molar-refractivity contribution is 0.0874. The number of imidazole rings is 1. The maximum absolute atomic E-state index is 13.6. The van der Waals surface area contributed by atoms with E-state index in [1.165, 1.54) is 0 Å². The number of aryl methyl sites for hydroxylation is 1. The second kappa shape index (κ2) is 8.86. The van der Waals surface area contributed by atoms with Crippen molar-refractivity contribution in [1.29, 1.82) is 0 Å². The highest BCUT2D eigenvalue weighted by atomic mass is 16.5. The Morgan fingerprint density at radius 3 is 2.56 bits per heavy atom. The topological polar surface area (TPSA) is 89.1 Å². The van der Waals surface area contributed by atoms with Crippen molar-refractivity contribution in [2.24, 2.45) is 5.41 Å². The summed E-state index contributed by atoms with van der Waals surface area (Å²) in [4.78, 5) is 25.2. The van der Waals surface area contributed by atoms with E-state index in [1.54, 1.807) is 6.92 Å². The molecule has 0 saturated heterocycles. The van der Waals surface area contributed by atoms with Gasteiger partial charge in [0.25, 0.3) is 5.91 Å². The summed E-state index contributed by atoms with van der Waals surface area (Å²) in [5, 5.41) is 7.06. The molecule has 1 N–H and O–H groups in total. The predicted octanol–water partition coefficient (Wildman–Crippen LogP) is 3.98. The van der Waals surface area contributed by atoms with Crippen molar-refractivity contribution in [2.45, 2.75) is 60.2 Å². The Morgan fingerprint density at radius 1 is 1.19 bits per heavy atom. The number of carbonyl (C=O) groups excluding carboxylic acids is 1. The van der Waals surface area contributed by atoms with Crippen LogP contribution in [0, 0.1) is 12.3 Å². The molecular formula is C24H32N6O2. The quantitative estimate of drug-likeness (QED) is 0.651. The van der Waals surface area contributed by atoms with Gasteiger partial charge in [-0.2, -0.15) is 4.98 Å². The summed E-state index contributed by atoms with van der Waals surface area (Å²) >= 11 is 0. The summed E-state index contributed by atoms with van der Waals surface area (Å²) < 4.78 is 7.63. The van der Waals surface area contributed by atoms with Gasteiger partial charge in [0.2, 0.25) is 5.89 Å². The zero-order valence-corrected chi connectivity index (χ0v) is 19.6. The van der Waals surface area contributed by atoms with Gasteiger partial charge in [-0.05, 0) is 25.3 Å². The molecule has 8 heteroatoms. The summed E-state index contributed by atoms with van der Waals surface area (Å²) in [5.74, 6) is 1.57. The summed E-state index contributed by atoms with van der Waals surface area (Å²) in [6, 6.07) is 9.64. The minimum atomic E-state index is -0.429. The van der Waals surface area contributed by atoms with Crippen LogP contribution in [-0.2, 0) is 13.1 Å². The Balaban J connectivity index is 1.75. The number of nitrogens with one attached hydrogen (secondary N) is 1. The predicted molar refractivity (Wildman–Crippen MR) is 122 cm³/mol. The van der Waals surface area contributed by atoms with Crippen molar-refractivity contribution < 1.29 is 9.32 Å². The standard InChI is InChI=1S/C24H32N6O2/c1-6-29-13-10-14-30-18(15-29)19(26-21(30)17-11-8-7-9-12-17)22(31)27-20(24(3,4)5)23-25-16(2)28-32-23/h7-9,11-12,20H,6,10,13-15H2,1-5H3,(H,27,31). The number of nitrogens with zero attached hydrogens (tertiary/aromatic N) is 5. The first-order valence-corrected chi connectivity index (χ1v) is 11.3. The van der Waals surface area contributed by atoms with Crippen molar-refractivity contribution in [1.82, 2.24) is 29.9 Å². The number of benzene rings is 1. The monoisotopic (exact) mass is 436 g/mol. The zero-order valence-electron chi connectivity index (χ0n) is 19.6. The molecule has 1 amide bonds. The van der Waals surface area contributed by atoms with Crippen LogP contribution in [-0.4, -0.2) is 43.6 Å². The molecule has 0 radical (unpaired) electrons. The third-order valence-corrected chi connectivity index (χ3v) is 5.93. The molecule has 1 atom stereocenters. The van der Waals surface area contributed by atoms with E-state index in [-0.39, 0.29) is 11.3 Å². The number of carbonyl (C=O) groups is 1. The Labute approximate surface area is 189 Å². The Bertz CT molecular complexity index is 1080. The molecule has 0 saturated carbocycles. The van der Waals surface area contributed by atoms with Gasteiger partial charge in [0.1, 0.15) is 11.9 Å². The van der Waals surface area contributed by atoms with Crippen molar-refractivity contribution in [3.05, 3.63) is 53.4 Å². The molecule has 0 aliphatic carbocycles. The fourth-order valence-electron chi connectivity index (χ4n) is 4.17. The molecule has 3 heterocycles. The number of hydrogen-bond donors (Lipinski definition) is 1. The molecule has 0 bridgehead atoms. The van der Waals surface area contributed by atoms with Crippen molar-refractivity contribution in [3.8, 4) is 11.4 Å². The average Bonchev–Trinajstić information content (AvgIpc) is 3.27. The van der Waals surface area contributed by atoms with E-state index in [1.807, 2.05) is 51.1 Å². The van der Waals surface area contributed by atoms with E-state index in [0.29, 0.717) is 24.0 Å². The van der Waals surface area contributed by atoms with Gasteiger partial charge in [0, 0.05) is 25.2 Å². The van der Waals surface area contributed by atoms with E-state index in [9.17, 15) is 4.79 Å². The number of fused-ring (bicyclic) bond motifs is 1. The normalized spacial score (nSPS) is 15.8. The molecular weight excluding hydrogens is 404 g/mol. The highest BCUT2D eigenvalue weighted by Crippen LogP contribution is 2.33. The van der Waals surface area contributed by atoms with Crippen molar-refractivity contribution in [2.75, 3.05) is 13.1 Å². The summed E-state index contributed by atoms with van der Waals surface area (Å²) in [6.45, 7) is 13.5. The van der Waals surface area contributed by atoms with Gasteiger partial charge >= 0.3 is 0 Å². The van der Waals surface area contributed by atoms with Gasteiger partial charge in [0.15, 0.2) is 11.5 Å². The van der Waals surface area contributed by atoms with E-state index < -0.39 is 6.04 Å². The SMILES string of the molecule is CCN1CCCn2c(-c3ccccc3)nc(C(=O)NC(c3nc(C)no3)C(C)(C)C)c2C1. The van der Waals surface area contributed by atoms with Gasteiger partial charge in [-0.25, -0.2) is 4.98 Å². The highest BCUT2D eigenvalue weighted by molar-refractivity contribution is 5.94. The van der Waals surface area contributed by atoms with E-state index >= 15 is 0 Å². The minimum absolute atomic E-state index is 0.218. The van der Waals surface area contributed by atoms with Crippen molar-refractivity contribution >= 4 is 5.91 Å². The fourth-order valence-corrected chi connectivity index (χ4v) is 4.17. The van der Waals surface area contributed by atoms with Crippen LogP contribution in [0.25, 0.3) is 11.4 Å². The lowest BCUT2D eigenvalue weighted by atomic mass is 9.86. The lowest BCUT2D eigenvalue weighted by Crippen LogP contribution is -2.37. The Hall–Kier alpha value is -3.00. The molecule has 0 spiro atoms. The molecule has 32 heavy (non-hydrogen) atoms. The van der Waals surface area contributed by atoms with Crippen molar-refractivity contribution in [3.63, 3.8) is 0 Å². The van der Waals surface area contributed by atoms with Crippen LogP contribution >= 0.6 is 0 Å². The van der Waals surface area contributed by atoms with Crippen LogP contribution in [0.3, 0.4) is 0 Å². The van der Waals surface area contributed by atoms with Gasteiger partial charge in [0.05, 0.1) is 5.69 Å². The number of hydrogen-bond acceptors (Lipinski definition) is 6. The molecule has 2 aromatic heterocycles. The molecule has 1 aromatic carbocycles. The average molecular weight is 437 g/mol. The molecule has 1 aliphatic rings. The van der Waals surface area contributed by atoms with Gasteiger partial charge < -0.3 is 14.4 Å². The molecule has 1 unspecified atom stereocenters. The summed E-state index contributed by atoms with van der Waals surface area (Å²) in [6.07, 6.45) is 1.02. The second-order valence-electron chi connectivity index (χ2n) is 9.42. The Kier molecular flexibility index (Phi) is 6.15. The number of rotatable bonds is 5. The first-order chi connectivity index (χ1) is 15.3. The maximum Gasteiger partial charge on any atom is 0.272 e. The summed E-state index contributed by atoms with van der Waals surface area (Å²) in [7, 11) is 0. The van der Waals surface area contributed by atoms with Crippen LogP contribution in [0.4, 0.5) is 0 Å². The third-order valence-electron chi connectivity index (χ3n) is 5.93. The highest BCUT2D eigenvalue weighted by Gasteiger charge is 2.35. The molecule has 4 rings (SSSR count). The first-order valence-electron chi connectivity index (χ1n) is 11.3. The minimum Gasteiger partial charge on any atom is -0.338 e. The molecule has 1 aliphatic heterocycles. The number of amides is 1. The summed E-state index contributed by atoms with van der Waals surface area (Å²) in [5.41, 5.74) is 2.12. The van der Waals surface area contributed by atoms with Crippen LogP contribution in [0.15, 0.2) is 34.9 Å². The van der Waals surface area contributed by atoms with E-state index in [0.717, 1.165) is 43.1 Å². The molecule has 0 fully saturated rings. The lowest BCUT2D eigenvalue weighted by Gasteiger charge is -2.28. The van der Waals surface area contributed by atoms with Crippen LogP contribution in [0.5, 0.6) is 0 Å².